The van der Waals surface area contributed by atoms with E-state index >= 15 is 0 Å². The van der Waals surface area contributed by atoms with E-state index in [1.165, 1.54) is 10.8 Å². The molecule has 1 heterocycles. The van der Waals surface area contributed by atoms with Gasteiger partial charge in [0.1, 0.15) is 17.4 Å². The van der Waals surface area contributed by atoms with E-state index in [1.807, 2.05) is 18.2 Å². The summed E-state index contributed by atoms with van der Waals surface area (Å²) in [5.74, 6) is 2.21. The summed E-state index contributed by atoms with van der Waals surface area (Å²) in [6.45, 7) is 9.69. The first-order valence-electron chi connectivity index (χ1n) is 10.3. The van der Waals surface area contributed by atoms with Crippen molar-refractivity contribution in [2.45, 2.75) is 66.3 Å². The Labute approximate surface area is 168 Å². The van der Waals surface area contributed by atoms with Gasteiger partial charge in [0.25, 0.3) is 0 Å². The van der Waals surface area contributed by atoms with Crippen molar-refractivity contribution >= 4 is 16.6 Å². The molecule has 0 spiro atoms. The van der Waals surface area contributed by atoms with Crippen LogP contribution in [0, 0.1) is 5.41 Å². The van der Waals surface area contributed by atoms with Crippen molar-refractivity contribution in [2.75, 3.05) is 0 Å². The first-order chi connectivity index (χ1) is 13.4. The minimum atomic E-state index is 0.248. The smallest absolute Gasteiger partial charge is 0.137 e. The number of carbonyl (C=O) groups is 1. The molecule has 3 aromatic rings. The van der Waals surface area contributed by atoms with Crippen LogP contribution in [-0.4, -0.2) is 20.5 Å². The molecule has 0 radical (unpaired) electrons. The Balaban J connectivity index is 1.64. The summed E-state index contributed by atoms with van der Waals surface area (Å²) in [5, 5.41) is 11.1. The lowest BCUT2D eigenvalue weighted by Gasteiger charge is -2.17. The molecule has 4 nitrogen and oxygen atoms in total. The predicted molar refractivity (Wildman–Crippen MR) is 114 cm³/mol. The maximum Gasteiger partial charge on any atom is 0.137 e. The Kier molecular flexibility index (Phi) is 6.28. The van der Waals surface area contributed by atoms with Gasteiger partial charge in [-0.2, -0.15) is 0 Å². The summed E-state index contributed by atoms with van der Waals surface area (Å²) < 4.78 is 2.18. The van der Waals surface area contributed by atoms with Gasteiger partial charge >= 0.3 is 0 Å². The summed E-state index contributed by atoms with van der Waals surface area (Å²) in [5.41, 5.74) is 1.38. The second-order valence-electron chi connectivity index (χ2n) is 8.69. The summed E-state index contributed by atoms with van der Waals surface area (Å²) in [4.78, 5) is 12.6. The molecule has 2 aromatic carbocycles. The van der Waals surface area contributed by atoms with Crippen LogP contribution >= 0.6 is 0 Å². The second kappa shape index (κ2) is 8.68. The molecule has 0 amide bonds. The minimum absolute atomic E-state index is 0.248. The Morgan fingerprint density at radius 2 is 1.64 bits per heavy atom. The van der Waals surface area contributed by atoms with Gasteiger partial charge in [0.05, 0.1) is 0 Å². The molecular weight excluding hydrogens is 346 g/mol. The molecule has 0 saturated heterocycles. The third-order valence-corrected chi connectivity index (χ3v) is 5.21. The molecule has 0 aliphatic rings. The van der Waals surface area contributed by atoms with Crippen molar-refractivity contribution in [1.82, 2.24) is 14.8 Å². The molecule has 0 aliphatic carbocycles. The van der Waals surface area contributed by atoms with Crippen molar-refractivity contribution < 1.29 is 4.79 Å². The fraction of sp³-hybridized carbons (Fsp3) is 0.458. The van der Waals surface area contributed by atoms with E-state index in [1.54, 1.807) is 0 Å². The number of aromatic nitrogens is 3. The molecular formula is C24H31N3O. The van der Waals surface area contributed by atoms with Crippen LogP contribution in [0.4, 0.5) is 0 Å². The molecule has 0 aliphatic heterocycles. The fourth-order valence-corrected chi connectivity index (χ4v) is 3.59. The first-order valence-corrected chi connectivity index (χ1v) is 10.3. The van der Waals surface area contributed by atoms with E-state index in [0.717, 1.165) is 36.6 Å². The first kappa shape index (κ1) is 20.2. The van der Waals surface area contributed by atoms with Gasteiger partial charge in [0.15, 0.2) is 0 Å². The SMILES string of the molecule is CCn1c(CCC(=O)Cc2cccc3ccccc23)nnc1CCC(C)(C)C. The summed E-state index contributed by atoms with van der Waals surface area (Å²) >= 11 is 0. The molecule has 0 N–H and O–H groups in total. The number of aryl methyl sites for hydroxylation is 2. The minimum Gasteiger partial charge on any atom is -0.315 e. The molecule has 148 valence electrons. The largest absolute Gasteiger partial charge is 0.315 e. The Hall–Kier alpha value is -2.49. The van der Waals surface area contributed by atoms with E-state index in [4.69, 9.17) is 0 Å². The van der Waals surface area contributed by atoms with Crippen molar-refractivity contribution in [1.29, 1.82) is 0 Å². The average Bonchev–Trinajstić information content (AvgIpc) is 3.06. The quantitative estimate of drug-likeness (QED) is 0.544. The predicted octanol–water partition coefficient (Wildman–Crippen LogP) is 5.17. The van der Waals surface area contributed by atoms with E-state index in [9.17, 15) is 4.79 Å². The van der Waals surface area contributed by atoms with Crippen LogP contribution in [-0.2, 0) is 30.6 Å². The van der Waals surface area contributed by atoms with Gasteiger partial charge < -0.3 is 4.57 Å². The highest BCUT2D eigenvalue weighted by atomic mass is 16.1. The molecule has 0 unspecified atom stereocenters. The maximum atomic E-state index is 12.6. The molecule has 0 fully saturated rings. The molecule has 0 saturated carbocycles. The number of rotatable bonds is 8. The third kappa shape index (κ3) is 5.06. The standard InChI is InChI=1S/C24H31N3O/c1-5-27-22(25-26-23(27)15-16-24(2,3)4)14-13-20(28)17-19-11-8-10-18-9-6-7-12-21(18)19/h6-12H,5,13-17H2,1-4H3. The Morgan fingerprint density at radius 3 is 2.36 bits per heavy atom. The zero-order valence-electron chi connectivity index (χ0n) is 17.5. The topological polar surface area (TPSA) is 47.8 Å². The van der Waals surface area contributed by atoms with Crippen molar-refractivity contribution in [3.63, 3.8) is 0 Å². The number of benzene rings is 2. The Morgan fingerprint density at radius 1 is 0.964 bits per heavy atom. The highest BCUT2D eigenvalue weighted by Crippen LogP contribution is 2.22. The number of hydrogen-bond donors (Lipinski definition) is 0. The number of carbonyl (C=O) groups excluding carboxylic acids is 1. The van der Waals surface area contributed by atoms with Gasteiger partial charge in [0.2, 0.25) is 0 Å². The molecule has 3 rings (SSSR count). The summed E-state index contributed by atoms with van der Waals surface area (Å²) in [6, 6.07) is 14.4. The van der Waals surface area contributed by atoms with Crippen LogP contribution in [0.25, 0.3) is 10.8 Å². The Bertz CT molecular complexity index is 945. The maximum absolute atomic E-state index is 12.6. The molecule has 0 bridgehead atoms. The number of fused-ring (bicyclic) bond motifs is 1. The number of ketones is 1. The number of Topliss-reactive ketones (excluding diaryl/α,β-unsaturated/α-hetero) is 1. The summed E-state index contributed by atoms with van der Waals surface area (Å²) in [6.07, 6.45) is 3.62. The monoisotopic (exact) mass is 377 g/mol. The molecule has 4 heteroatoms. The lowest BCUT2D eigenvalue weighted by atomic mass is 9.90. The van der Waals surface area contributed by atoms with E-state index in [-0.39, 0.29) is 11.2 Å². The van der Waals surface area contributed by atoms with Gasteiger partial charge in [-0.1, -0.05) is 63.2 Å². The van der Waals surface area contributed by atoms with Crippen LogP contribution in [0.3, 0.4) is 0 Å². The third-order valence-electron chi connectivity index (χ3n) is 5.21. The van der Waals surface area contributed by atoms with Gasteiger partial charge in [0, 0.05) is 32.2 Å². The highest BCUT2D eigenvalue weighted by molar-refractivity contribution is 5.90. The van der Waals surface area contributed by atoms with E-state index in [0.29, 0.717) is 19.3 Å². The zero-order chi connectivity index (χ0) is 20.1. The zero-order valence-corrected chi connectivity index (χ0v) is 17.5. The normalized spacial score (nSPS) is 11.9. The lowest BCUT2D eigenvalue weighted by molar-refractivity contribution is -0.118. The second-order valence-corrected chi connectivity index (χ2v) is 8.69. The van der Waals surface area contributed by atoms with Crippen molar-refractivity contribution in [3.8, 4) is 0 Å². The van der Waals surface area contributed by atoms with Crippen molar-refractivity contribution in [2.24, 2.45) is 5.41 Å². The van der Waals surface area contributed by atoms with Gasteiger partial charge in [-0.25, -0.2) is 0 Å². The molecule has 28 heavy (non-hydrogen) atoms. The van der Waals surface area contributed by atoms with Crippen LogP contribution in [0.1, 0.15) is 57.7 Å². The van der Waals surface area contributed by atoms with Crippen LogP contribution < -0.4 is 0 Å². The van der Waals surface area contributed by atoms with Gasteiger partial charge in [-0.05, 0) is 35.1 Å². The van der Waals surface area contributed by atoms with Crippen molar-refractivity contribution in [3.05, 3.63) is 59.7 Å². The van der Waals surface area contributed by atoms with Gasteiger partial charge in [-0.15, -0.1) is 10.2 Å². The average molecular weight is 378 g/mol. The molecule has 1 aromatic heterocycles. The fourth-order valence-electron chi connectivity index (χ4n) is 3.59. The number of nitrogens with zero attached hydrogens (tertiary/aromatic N) is 3. The highest BCUT2D eigenvalue weighted by Gasteiger charge is 2.16. The van der Waals surface area contributed by atoms with E-state index < -0.39 is 0 Å². The van der Waals surface area contributed by atoms with Gasteiger partial charge in [-0.3, -0.25) is 4.79 Å². The lowest BCUT2D eigenvalue weighted by Crippen LogP contribution is -2.12. The van der Waals surface area contributed by atoms with Crippen LogP contribution in [0.2, 0.25) is 0 Å². The van der Waals surface area contributed by atoms with Crippen LogP contribution in [0.15, 0.2) is 42.5 Å². The number of hydrogen-bond acceptors (Lipinski definition) is 3. The summed E-state index contributed by atoms with van der Waals surface area (Å²) in [7, 11) is 0. The van der Waals surface area contributed by atoms with E-state index in [2.05, 4.69) is 66.7 Å². The van der Waals surface area contributed by atoms with Crippen LogP contribution in [0.5, 0.6) is 0 Å². The molecule has 0 atom stereocenters.